The van der Waals surface area contributed by atoms with Crippen LogP contribution < -0.4 is 4.90 Å². The van der Waals surface area contributed by atoms with Gasteiger partial charge >= 0.3 is 0 Å². The summed E-state index contributed by atoms with van der Waals surface area (Å²) in [5.41, 5.74) is 1.91. The van der Waals surface area contributed by atoms with Crippen LogP contribution in [-0.4, -0.2) is 48.6 Å². The summed E-state index contributed by atoms with van der Waals surface area (Å²) in [6.07, 6.45) is 0. The third-order valence-corrected chi connectivity index (χ3v) is 4.04. The molecule has 126 valence electrons. The first-order valence-corrected chi connectivity index (χ1v) is 8.47. The van der Waals surface area contributed by atoms with Gasteiger partial charge in [0, 0.05) is 31.4 Å². The summed E-state index contributed by atoms with van der Waals surface area (Å²) in [6, 6.07) is 1.97. The van der Waals surface area contributed by atoms with Crippen molar-refractivity contribution in [1.82, 2.24) is 34.5 Å². The van der Waals surface area contributed by atoms with E-state index in [0.29, 0.717) is 22.0 Å². The largest absolute Gasteiger partial charge is 0.347 e. The van der Waals surface area contributed by atoms with Gasteiger partial charge < -0.3 is 4.90 Å². The highest BCUT2D eigenvalue weighted by molar-refractivity contribution is 7.99. The Balaban J connectivity index is 2.00. The minimum Gasteiger partial charge on any atom is -0.347 e. The van der Waals surface area contributed by atoms with Crippen molar-refractivity contribution in [1.29, 1.82) is 0 Å². The second kappa shape index (κ2) is 6.31. The van der Waals surface area contributed by atoms with Crippen LogP contribution in [0.2, 0.25) is 0 Å². The number of nitrogens with zero attached hydrogens (tertiary/aromatic N) is 8. The Morgan fingerprint density at radius 3 is 2.42 bits per heavy atom. The van der Waals surface area contributed by atoms with Crippen LogP contribution in [-0.2, 0) is 0 Å². The van der Waals surface area contributed by atoms with E-state index in [1.807, 2.05) is 38.9 Å². The molecule has 3 aromatic rings. The molecule has 9 heteroatoms. The fourth-order valence-corrected chi connectivity index (χ4v) is 2.82. The molecule has 0 unspecified atom stereocenters. The number of anilines is 1. The highest BCUT2D eigenvalue weighted by atomic mass is 32.2. The number of fused-ring (bicyclic) bond motifs is 1. The van der Waals surface area contributed by atoms with E-state index in [-0.39, 0.29) is 5.92 Å². The molecule has 24 heavy (non-hydrogen) atoms. The van der Waals surface area contributed by atoms with Crippen molar-refractivity contribution in [2.45, 2.75) is 43.9 Å². The lowest BCUT2D eigenvalue weighted by Crippen LogP contribution is -2.15. The van der Waals surface area contributed by atoms with E-state index in [1.54, 1.807) is 4.52 Å². The quantitative estimate of drug-likeness (QED) is 0.712. The molecule has 0 aliphatic heterocycles. The van der Waals surface area contributed by atoms with Gasteiger partial charge in [0.15, 0.2) is 0 Å². The average Bonchev–Trinajstić information content (AvgIpc) is 2.89. The van der Waals surface area contributed by atoms with E-state index < -0.39 is 0 Å². The predicted octanol–water partition coefficient (Wildman–Crippen LogP) is 2.27. The monoisotopic (exact) mass is 344 g/mol. The lowest BCUT2D eigenvalue weighted by atomic mass is 10.2. The summed E-state index contributed by atoms with van der Waals surface area (Å²) in [4.78, 5) is 24.2. The number of hydrogen-bond acceptors (Lipinski definition) is 8. The minimum absolute atomic E-state index is 0.214. The molecule has 3 aromatic heterocycles. The smallest absolute Gasteiger partial charge is 0.253 e. The van der Waals surface area contributed by atoms with E-state index in [0.717, 1.165) is 17.2 Å². The summed E-state index contributed by atoms with van der Waals surface area (Å²) in [5.74, 6) is 2.18. The van der Waals surface area contributed by atoms with Gasteiger partial charge in [-0.05, 0) is 31.7 Å². The summed E-state index contributed by atoms with van der Waals surface area (Å²) in [7, 11) is 3.82. The molecule has 0 spiro atoms. The molecular formula is C15H20N8S. The normalized spacial score (nSPS) is 11.5. The molecule has 3 rings (SSSR count). The van der Waals surface area contributed by atoms with Crippen LogP contribution >= 0.6 is 11.8 Å². The van der Waals surface area contributed by atoms with Gasteiger partial charge in [-0.2, -0.15) is 15.0 Å². The van der Waals surface area contributed by atoms with Crippen LogP contribution in [0.4, 0.5) is 5.95 Å². The van der Waals surface area contributed by atoms with E-state index >= 15 is 0 Å². The van der Waals surface area contributed by atoms with E-state index in [4.69, 9.17) is 0 Å². The molecule has 0 saturated carbocycles. The zero-order valence-corrected chi connectivity index (χ0v) is 15.5. The van der Waals surface area contributed by atoms with Crippen LogP contribution in [0.25, 0.3) is 5.78 Å². The molecule has 8 nitrogen and oxygen atoms in total. The maximum Gasteiger partial charge on any atom is 0.253 e. The minimum atomic E-state index is 0.214. The third-order valence-electron chi connectivity index (χ3n) is 3.32. The Labute approximate surface area is 144 Å². The van der Waals surface area contributed by atoms with E-state index in [2.05, 4.69) is 43.9 Å². The zero-order chi connectivity index (χ0) is 17.4. The fourth-order valence-electron chi connectivity index (χ4n) is 2.14. The molecule has 0 atom stereocenters. The second-order valence-corrected chi connectivity index (χ2v) is 7.01. The van der Waals surface area contributed by atoms with Crippen LogP contribution in [0.5, 0.6) is 0 Å². The van der Waals surface area contributed by atoms with Gasteiger partial charge in [0.1, 0.15) is 5.82 Å². The van der Waals surface area contributed by atoms with Crippen LogP contribution in [0.1, 0.15) is 37.0 Å². The summed E-state index contributed by atoms with van der Waals surface area (Å²) < 4.78 is 1.73. The van der Waals surface area contributed by atoms with Crippen LogP contribution in [0.3, 0.4) is 0 Å². The molecule has 0 aliphatic rings. The first kappa shape index (κ1) is 16.6. The maximum atomic E-state index is 4.53. The molecule has 0 radical (unpaired) electrons. The van der Waals surface area contributed by atoms with Gasteiger partial charge in [0.25, 0.3) is 5.78 Å². The Morgan fingerprint density at radius 1 is 1.00 bits per heavy atom. The Kier molecular flexibility index (Phi) is 4.35. The predicted molar refractivity (Wildman–Crippen MR) is 92.6 cm³/mol. The van der Waals surface area contributed by atoms with Gasteiger partial charge in [0.2, 0.25) is 16.3 Å². The van der Waals surface area contributed by atoms with Crippen LogP contribution in [0.15, 0.2) is 16.4 Å². The standard InChI is InChI=1S/C15H20N8S/c1-8(2)11-17-12(22(5)6)19-14(18-11)24-15-20-13-16-9(3)7-10(4)23(13)21-15/h7-8H,1-6H3. The molecule has 0 N–H and O–H groups in total. The molecule has 0 saturated heterocycles. The highest BCUT2D eigenvalue weighted by Crippen LogP contribution is 2.24. The summed E-state index contributed by atoms with van der Waals surface area (Å²) in [6.45, 7) is 8.04. The van der Waals surface area contributed by atoms with E-state index in [9.17, 15) is 0 Å². The second-order valence-electron chi connectivity index (χ2n) is 6.07. The lowest BCUT2D eigenvalue weighted by molar-refractivity contribution is 0.715. The van der Waals surface area contributed by atoms with Crippen molar-refractivity contribution in [3.8, 4) is 0 Å². The SMILES string of the molecule is Cc1cc(C)n2nc(Sc3nc(C(C)C)nc(N(C)C)n3)nc2n1. The van der Waals surface area contributed by atoms with Gasteiger partial charge in [-0.1, -0.05) is 13.8 Å². The van der Waals surface area contributed by atoms with Crippen molar-refractivity contribution < 1.29 is 0 Å². The van der Waals surface area contributed by atoms with E-state index in [1.165, 1.54) is 11.8 Å². The van der Waals surface area contributed by atoms with Crippen molar-refractivity contribution in [3.63, 3.8) is 0 Å². The van der Waals surface area contributed by atoms with Crippen molar-refractivity contribution in [3.05, 3.63) is 23.3 Å². The zero-order valence-electron chi connectivity index (χ0n) is 14.6. The lowest BCUT2D eigenvalue weighted by Gasteiger charge is -2.13. The van der Waals surface area contributed by atoms with Crippen molar-refractivity contribution in [2.24, 2.45) is 0 Å². The molecule has 0 aromatic carbocycles. The van der Waals surface area contributed by atoms with Gasteiger partial charge in [-0.3, -0.25) is 0 Å². The molecular weight excluding hydrogens is 324 g/mol. The Hall–Kier alpha value is -2.29. The van der Waals surface area contributed by atoms with Crippen molar-refractivity contribution >= 4 is 23.5 Å². The fraction of sp³-hybridized carbons (Fsp3) is 0.467. The maximum absolute atomic E-state index is 4.53. The van der Waals surface area contributed by atoms with Gasteiger partial charge in [0.05, 0.1) is 0 Å². The van der Waals surface area contributed by atoms with Gasteiger partial charge in [-0.15, -0.1) is 5.10 Å². The molecule has 3 heterocycles. The first-order valence-electron chi connectivity index (χ1n) is 7.65. The summed E-state index contributed by atoms with van der Waals surface area (Å²) in [5, 5.41) is 5.65. The number of rotatable bonds is 4. The number of aryl methyl sites for hydroxylation is 2. The molecule has 0 bridgehead atoms. The van der Waals surface area contributed by atoms with Gasteiger partial charge in [-0.25, -0.2) is 14.5 Å². The first-order chi connectivity index (χ1) is 11.3. The van der Waals surface area contributed by atoms with Crippen LogP contribution in [0, 0.1) is 13.8 Å². The Bertz CT molecular complexity index is 860. The summed E-state index contributed by atoms with van der Waals surface area (Å²) >= 11 is 1.32. The van der Waals surface area contributed by atoms with Crippen molar-refractivity contribution in [2.75, 3.05) is 19.0 Å². The topological polar surface area (TPSA) is 85.0 Å². The highest BCUT2D eigenvalue weighted by Gasteiger charge is 2.15. The molecule has 0 amide bonds. The molecule has 0 fully saturated rings. The Morgan fingerprint density at radius 2 is 1.75 bits per heavy atom. The number of aromatic nitrogens is 7. The number of hydrogen-bond donors (Lipinski definition) is 0. The third kappa shape index (κ3) is 3.30. The molecule has 0 aliphatic carbocycles. The average molecular weight is 344 g/mol.